The van der Waals surface area contributed by atoms with Crippen LogP contribution in [0, 0.1) is 11.3 Å². The average Bonchev–Trinajstić information content (AvgIpc) is 3.56. The highest BCUT2D eigenvalue weighted by Crippen LogP contribution is 2.39. The van der Waals surface area contributed by atoms with Crippen molar-refractivity contribution in [1.29, 1.82) is 5.26 Å². The highest BCUT2D eigenvalue weighted by Gasteiger charge is 2.37. The molecule has 0 saturated heterocycles. The summed E-state index contributed by atoms with van der Waals surface area (Å²) in [6, 6.07) is 9.88. The number of aromatic nitrogens is 1. The normalized spacial score (nSPS) is 16.1. The molecule has 3 aromatic heterocycles. The summed E-state index contributed by atoms with van der Waals surface area (Å²) >= 11 is 4.27. The maximum absolute atomic E-state index is 14.0. The lowest BCUT2D eigenvalue weighted by atomic mass is 9.87. The maximum Gasteiger partial charge on any atom is 0.274 e. The average molecular weight is 497 g/mol. The first-order valence-corrected chi connectivity index (χ1v) is 13.3. The summed E-state index contributed by atoms with van der Waals surface area (Å²) in [7, 11) is 0. The fourth-order valence-electron chi connectivity index (χ4n) is 4.02. The van der Waals surface area contributed by atoms with Crippen LogP contribution in [0.5, 0.6) is 0 Å². The van der Waals surface area contributed by atoms with Crippen molar-refractivity contribution in [3.63, 3.8) is 0 Å². The van der Waals surface area contributed by atoms with Crippen LogP contribution in [0.1, 0.15) is 42.4 Å². The zero-order valence-electron chi connectivity index (χ0n) is 18.4. The predicted molar refractivity (Wildman–Crippen MR) is 136 cm³/mol. The Morgan fingerprint density at radius 3 is 2.48 bits per heavy atom. The van der Waals surface area contributed by atoms with E-state index in [1.54, 1.807) is 0 Å². The van der Waals surface area contributed by atoms with E-state index in [-0.39, 0.29) is 22.9 Å². The Balaban J connectivity index is 2.08. The Morgan fingerprint density at radius 2 is 1.91 bits per heavy atom. The Labute approximate surface area is 203 Å². The van der Waals surface area contributed by atoms with Gasteiger partial charge in [-0.1, -0.05) is 26.0 Å². The van der Waals surface area contributed by atoms with E-state index in [2.05, 4.69) is 6.07 Å². The lowest BCUT2D eigenvalue weighted by Crippen LogP contribution is -2.43. The summed E-state index contributed by atoms with van der Waals surface area (Å²) in [6.45, 7) is 5.29. The number of amides is 1. The lowest BCUT2D eigenvalue weighted by molar-refractivity contribution is -0.125. The number of nitrogens with zero attached hydrogens (tertiary/aromatic N) is 3. The second-order valence-electron chi connectivity index (χ2n) is 7.64. The Kier molecular flexibility index (Phi) is 6.98. The summed E-state index contributed by atoms with van der Waals surface area (Å²) in [4.78, 5) is 31.0. The van der Waals surface area contributed by atoms with Crippen molar-refractivity contribution in [3.8, 4) is 6.07 Å². The summed E-state index contributed by atoms with van der Waals surface area (Å²) in [5.41, 5.74) is 6.81. The summed E-state index contributed by atoms with van der Waals surface area (Å²) < 4.78 is 2.36. The molecule has 1 atom stereocenters. The number of nitrogens with two attached hydrogens (primary N) is 1. The molecule has 0 spiro atoms. The summed E-state index contributed by atoms with van der Waals surface area (Å²) in [6.07, 6.45) is 3.46. The largest absolute Gasteiger partial charge is 0.384 e. The molecule has 0 saturated carbocycles. The standard InChI is InChI=1S/C24H24N4O2S3/c1-3-9-27(10-4-2)23(30)20-19(17-8-6-12-32-17)16(14-25)21(26)28-22(29)18(33-24(20)28)13-15-7-5-11-31-15/h5-8,11-13,19H,3-4,9-10,26H2,1-2H3/b18-13+. The first kappa shape index (κ1) is 23.2. The third-order valence-electron chi connectivity index (χ3n) is 5.42. The van der Waals surface area contributed by atoms with Gasteiger partial charge in [-0.2, -0.15) is 5.26 Å². The van der Waals surface area contributed by atoms with E-state index in [1.807, 2.05) is 59.8 Å². The number of rotatable bonds is 7. The molecule has 4 heterocycles. The minimum Gasteiger partial charge on any atom is -0.384 e. The number of hydrogen-bond acceptors (Lipinski definition) is 7. The molecule has 3 aromatic rings. The van der Waals surface area contributed by atoms with Crippen LogP contribution >= 0.6 is 34.0 Å². The highest BCUT2D eigenvalue weighted by atomic mass is 32.1. The van der Waals surface area contributed by atoms with Crippen LogP contribution in [0.4, 0.5) is 0 Å². The van der Waals surface area contributed by atoms with E-state index in [9.17, 15) is 14.9 Å². The van der Waals surface area contributed by atoms with Gasteiger partial charge in [0.05, 0.1) is 27.7 Å². The third kappa shape index (κ3) is 4.22. The maximum atomic E-state index is 14.0. The number of carbonyl (C=O) groups excluding carboxylic acids is 1. The van der Waals surface area contributed by atoms with Gasteiger partial charge in [-0.25, -0.2) is 0 Å². The molecule has 2 N–H and O–H groups in total. The first-order valence-electron chi connectivity index (χ1n) is 10.8. The topological polar surface area (TPSA) is 92.1 Å². The molecule has 0 bridgehead atoms. The van der Waals surface area contributed by atoms with Gasteiger partial charge in [0, 0.05) is 22.8 Å². The summed E-state index contributed by atoms with van der Waals surface area (Å²) in [5.74, 6) is -0.631. The number of fused-ring (bicyclic) bond motifs is 1. The number of thiophene rings is 2. The molecule has 33 heavy (non-hydrogen) atoms. The van der Waals surface area contributed by atoms with Gasteiger partial charge in [0.15, 0.2) is 0 Å². The second kappa shape index (κ2) is 9.91. The van der Waals surface area contributed by atoms with Gasteiger partial charge in [-0.05, 0) is 41.8 Å². The zero-order chi connectivity index (χ0) is 23.5. The van der Waals surface area contributed by atoms with Crippen LogP contribution in [-0.2, 0) is 4.79 Å². The van der Waals surface area contributed by atoms with Gasteiger partial charge in [-0.3, -0.25) is 14.2 Å². The molecule has 1 aliphatic rings. The summed E-state index contributed by atoms with van der Waals surface area (Å²) in [5, 5.41) is 13.9. The van der Waals surface area contributed by atoms with Crippen molar-refractivity contribution in [2.45, 2.75) is 32.6 Å². The number of carbonyl (C=O) groups is 1. The van der Waals surface area contributed by atoms with E-state index in [4.69, 9.17) is 5.73 Å². The number of thiazole rings is 1. The Morgan fingerprint density at radius 1 is 1.21 bits per heavy atom. The van der Waals surface area contributed by atoms with Gasteiger partial charge in [-0.15, -0.1) is 34.0 Å². The number of hydrogen-bond donors (Lipinski definition) is 1. The second-order valence-corrected chi connectivity index (χ2v) is 10.6. The fourth-order valence-corrected chi connectivity index (χ4v) is 6.76. The molecular weight excluding hydrogens is 472 g/mol. The molecule has 1 unspecified atom stereocenters. The smallest absolute Gasteiger partial charge is 0.274 e. The molecule has 0 aromatic carbocycles. The molecule has 4 rings (SSSR count). The monoisotopic (exact) mass is 496 g/mol. The number of allylic oxidation sites excluding steroid dienone is 1. The minimum atomic E-state index is -0.591. The molecule has 6 nitrogen and oxygen atoms in total. The van der Waals surface area contributed by atoms with Crippen molar-refractivity contribution in [2.24, 2.45) is 5.73 Å². The molecule has 9 heteroatoms. The molecule has 170 valence electrons. The van der Waals surface area contributed by atoms with Gasteiger partial charge in [0.2, 0.25) is 0 Å². The van der Waals surface area contributed by atoms with Crippen LogP contribution in [0.2, 0.25) is 0 Å². The number of nitriles is 1. The zero-order valence-corrected chi connectivity index (χ0v) is 20.9. The van der Waals surface area contributed by atoms with E-state index >= 15 is 0 Å². The van der Waals surface area contributed by atoms with Crippen LogP contribution in [0.15, 0.2) is 45.4 Å². The first-order chi connectivity index (χ1) is 16.0. The SMILES string of the molecule is CCCN(CCC)C(=O)C1=c2s/c(=C/c3cccs3)c(=O)n2C(N)=C(C#N)C1c1cccs1. The molecule has 0 fully saturated rings. The molecule has 0 radical (unpaired) electrons. The van der Waals surface area contributed by atoms with Gasteiger partial charge in [0.1, 0.15) is 10.5 Å². The Bertz CT molecular complexity index is 1400. The van der Waals surface area contributed by atoms with E-state index < -0.39 is 5.92 Å². The van der Waals surface area contributed by atoms with Crippen molar-refractivity contribution in [2.75, 3.05) is 13.1 Å². The van der Waals surface area contributed by atoms with Gasteiger partial charge < -0.3 is 10.6 Å². The highest BCUT2D eigenvalue weighted by molar-refractivity contribution is 7.11. The lowest BCUT2D eigenvalue weighted by Gasteiger charge is -2.29. The third-order valence-corrected chi connectivity index (χ3v) is 8.28. The van der Waals surface area contributed by atoms with E-state index in [1.165, 1.54) is 38.6 Å². The Hall–Kier alpha value is -2.93. The molecule has 1 aliphatic heterocycles. The molecule has 1 amide bonds. The van der Waals surface area contributed by atoms with Gasteiger partial charge >= 0.3 is 0 Å². The molecular formula is C24H24N4O2S3. The predicted octanol–water partition coefficient (Wildman–Crippen LogP) is 3.11. The van der Waals surface area contributed by atoms with Crippen molar-refractivity contribution in [1.82, 2.24) is 9.47 Å². The van der Waals surface area contributed by atoms with Crippen LogP contribution < -0.4 is 20.5 Å². The van der Waals surface area contributed by atoms with Crippen molar-refractivity contribution >= 4 is 57.4 Å². The van der Waals surface area contributed by atoms with Crippen LogP contribution in [-0.4, -0.2) is 28.5 Å². The fraction of sp³-hybridized carbons (Fsp3) is 0.292. The van der Waals surface area contributed by atoms with E-state index in [0.29, 0.717) is 27.9 Å². The van der Waals surface area contributed by atoms with Crippen LogP contribution in [0.3, 0.4) is 0 Å². The molecule has 0 aliphatic carbocycles. The minimum absolute atomic E-state index is 0.104. The van der Waals surface area contributed by atoms with Crippen LogP contribution in [0.25, 0.3) is 17.5 Å². The van der Waals surface area contributed by atoms with Gasteiger partial charge in [0.25, 0.3) is 11.5 Å². The van der Waals surface area contributed by atoms with Crippen molar-refractivity contribution in [3.05, 3.63) is 69.9 Å². The quantitative estimate of drug-likeness (QED) is 0.544. The van der Waals surface area contributed by atoms with E-state index in [0.717, 1.165) is 22.6 Å². The van der Waals surface area contributed by atoms with Crippen molar-refractivity contribution < 1.29 is 4.79 Å².